The van der Waals surface area contributed by atoms with Crippen LogP contribution < -0.4 is 15.4 Å². The van der Waals surface area contributed by atoms with E-state index in [1.165, 1.54) is 0 Å². The van der Waals surface area contributed by atoms with Crippen LogP contribution in [0, 0.1) is 0 Å². The normalized spacial score (nSPS) is 10.7. The lowest BCUT2D eigenvalue weighted by Gasteiger charge is -2.07. The summed E-state index contributed by atoms with van der Waals surface area (Å²) in [6, 6.07) is 15.2. The van der Waals surface area contributed by atoms with Crippen molar-refractivity contribution in [2.75, 3.05) is 12.4 Å². The first-order valence-corrected chi connectivity index (χ1v) is 9.95. The third-order valence-corrected chi connectivity index (χ3v) is 4.72. The lowest BCUT2D eigenvalue weighted by atomic mass is 10.2. The maximum Gasteiger partial charge on any atom is 0.220 e. The second-order valence-electron chi connectivity index (χ2n) is 6.95. The van der Waals surface area contributed by atoms with E-state index in [2.05, 4.69) is 30.9 Å². The first-order valence-electron chi connectivity index (χ1n) is 9.95. The molecule has 0 spiro atoms. The van der Waals surface area contributed by atoms with Crippen LogP contribution in [-0.4, -0.2) is 37.8 Å². The molecular formula is C22H23N7O2. The van der Waals surface area contributed by atoms with E-state index in [1.54, 1.807) is 24.0 Å². The molecule has 0 aliphatic heterocycles. The van der Waals surface area contributed by atoms with Gasteiger partial charge in [-0.25, -0.2) is 0 Å². The molecule has 0 fully saturated rings. The summed E-state index contributed by atoms with van der Waals surface area (Å²) in [6.45, 7) is 1.05. The highest BCUT2D eigenvalue weighted by molar-refractivity contribution is 5.76. The van der Waals surface area contributed by atoms with Crippen LogP contribution in [0.4, 0.5) is 5.82 Å². The van der Waals surface area contributed by atoms with Crippen LogP contribution in [0.5, 0.6) is 5.75 Å². The summed E-state index contributed by atoms with van der Waals surface area (Å²) >= 11 is 0. The van der Waals surface area contributed by atoms with Crippen LogP contribution in [0.3, 0.4) is 0 Å². The number of hydrogen-bond acceptors (Lipinski definition) is 7. The van der Waals surface area contributed by atoms with Gasteiger partial charge in [-0.2, -0.15) is 4.52 Å². The molecule has 2 N–H and O–H groups in total. The first kappa shape index (κ1) is 20.3. The first-order chi connectivity index (χ1) is 15.2. The molecule has 0 saturated heterocycles. The zero-order valence-corrected chi connectivity index (χ0v) is 17.2. The van der Waals surface area contributed by atoms with E-state index in [4.69, 9.17) is 4.74 Å². The molecule has 0 bridgehead atoms. The zero-order chi connectivity index (χ0) is 21.5. The predicted molar refractivity (Wildman–Crippen MR) is 116 cm³/mol. The summed E-state index contributed by atoms with van der Waals surface area (Å²) in [5, 5.41) is 19.1. The average molecular weight is 417 g/mol. The van der Waals surface area contributed by atoms with Crippen LogP contribution in [0.15, 0.2) is 60.9 Å². The topological polar surface area (TPSA) is 106 Å². The number of amides is 1. The van der Waals surface area contributed by atoms with E-state index < -0.39 is 0 Å². The van der Waals surface area contributed by atoms with E-state index in [0.29, 0.717) is 43.2 Å². The highest BCUT2D eigenvalue weighted by Gasteiger charge is 2.10. The quantitative estimate of drug-likeness (QED) is 0.431. The molecule has 0 aliphatic carbocycles. The molecule has 158 valence electrons. The molecule has 3 aromatic heterocycles. The summed E-state index contributed by atoms with van der Waals surface area (Å²) in [5.74, 6) is 2.03. The predicted octanol–water partition coefficient (Wildman–Crippen LogP) is 2.39. The molecule has 0 unspecified atom stereocenters. The molecule has 0 atom stereocenters. The standard InChI is InChI=1S/C22H23N7O2/c1-31-18-6-2-4-16(12-18)14-25-22(30)10-9-21-27-26-20-8-7-19(28-29(20)21)24-15-17-5-3-11-23-13-17/h2-8,11-13H,9-10,14-15H2,1H3,(H,24,28)(H,25,30). The highest BCUT2D eigenvalue weighted by Crippen LogP contribution is 2.13. The summed E-state index contributed by atoms with van der Waals surface area (Å²) in [4.78, 5) is 16.4. The maximum atomic E-state index is 12.3. The number of methoxy groups -OCH3 is 1. The van der Waals surface area contributed by atoms with Gasteiger partial charge in [0, 0.05) is 38.3 Å². The van der Waals surface area contributed by atoms with E-state index in [-0.39, 0.29) is 5.91 Å². The number of ether oxygens (including phenoxy) is 1. The number of aryl methyl sites for hydroxylation is 1. The Hall–Kier alpha value is -4.01. The van der Waals surface area contributed by atoms with Crippen LogP contribution >= 0.6 is 0 Å². The average Bonchev–Trinajstić information content (AvgIpc) is 3.23. The fraction of sp³-hybridized carbons (Fsp3) is 0.227. The molecule has 1 aromatic carbocycles. The highest BCUT2D eigenvalue weighted by atomic mass is 16.5. The van der Waals surface area contributed by atoms with Gasteiger partial charge in [0.25, 0.3) is 0 Å². The van der Waals surface area contributed by atoms with Gasteiger partial charge in [-0.3, -0.25) is 9.78 Å². The molecular weight excluding hydrogens is 394 g/mol. The number of nitrogens with one attached hydrogen (secondary N) is 2. The van der Waals surface area contributed by atoms with Gasteiger partial charge < -0.3 is 15.4 Å². The molecule has 4 aromatic rings. The number of benzene rings is 1. The van der Waals surface area contributed by atoms with Crippen molar-refractivity contribution in [2.45, 2.75) is 25.9 Å². The van der Waals surface area contributed by atoms with Gasteiger partial charge in [-0.15, -0.1) is 15.3 Å². The van der Waals surface area contributed by atoms with Crippen molar-refractivity contribution in [1.82, 2.24) is 30.1 Å². The second kappa shape index (κ2) is 9.66. The van der Waals surface area contributed by atoms with E-state index in [9.17, 15) is 4.79 Å². The molecule has 9 nitrogen and oxygen atoms in total. The molecule has 3 heterocycles. The Kier molecular flexibility index (Phi) is 6.32. The fourth-order valence-corrected chi connectivity index (χ4v) is 3.08. The zero-order valence-electron chi connectivity index (χ0n) is 17.2. The molecule has 1 amide bonds. The van der Waals surface area contributed by atoms with E-state index >= 15 is 0 Å². The lowest BCUT2D eigenvalue weighted by Crippen LogP contribution is -2.23. The van der Waals surface area contributed by atoms with Crippen molar-refractivity contribution in [2.24, 2.45) is 0 Å². The Morgan fingerprint density at radius 2 is 1.97 bits per heavy atom. The molecule has 0 aliphatic rings. The summed E-state index contributed by atoms with van der Waals surface area (Å²) in [5.41, 5.74) is 2.67. The maximum absolute atomic E-state index is 12.3. The van der Waals surface area contributed by atoms with Crippen molar-refractivity contribution in [3.05, 3.63) is 77.9 Å². The van der Waals surface area contributed by atoms with Crippen molar-refractivity contribution in [3.8, 4) is 5.75 Å². The minimum Gasteiger partial charge on any atom is -0.497 e. The van der Waals surface area contributed by atoms with Gasteiger partial charge in [0.05, 0.1) is 7.11 Å². The van der Waals surface area contributed by atoms with Crippen LogP contribution in [-0.2, 0) is 24.3 Å². The van der Waals surface area contributed by atoms with Crippen LogP contribution in [0.1, 0.15) is 23.4 Å². The van der Waals surface area contributed by atoms with Gasteiger partial charge in [0.2, 0.25) is 5.91 Å². The van der Waals surface area contributed by atoms with Crippen LogP contribution in [0.25, 0.3) is 5.65 Å². The van der Waals surface area contributed by atoms with Crippen molar-refractivity contribution < 1.29 is 9.53 Å². The number of nitrogens with zero attached hydrogens (tertiary/aromatic N) is 5. The minimum atomic E-state index is -0.0644. The van der Waals surface area contributed by atoms with Crippen molar-refractivity contribution in [3.63, 3.8) is 0 Å². The van der Waals surface area contributed by atoms with Crippen molar-refractivity contribution >= 4 is 17.4 Å². The Bertz CT molecular complexity index is 1160. The Morgan fingerprint density at radius 1 is 1.06 bits per heavy atom. The number of anilines is 1. The van der Waals surface area contributed by atoms with Gasteiger partial charge in [-0.05, 0) is 41.5 Å². The Labute approximate surface area is 179 Å². The number of pyridine rings is 1. The molecule has 4 rings (SSSR count). The number of carbonyl (C=O) groups is 1. The van der Waals surface area contributed by atoms with Crippen molar-refractivity contribution in [1.29, 1.82) is 0 Å². The van der Waals surface area contributed by atoms with Gasteiger partial charge >= 0.3 is 0 Å². The third kappa shape index (κ3) is 5.33. The monoisotopic (exact) mass is 417 g/mol. The van der Waals surface area contributed by atoms with Gasteiger partial charge in [-0.1, -0.05) is 18.2 Å². The largest absolute Gasteiger partial charge is 0.497 e. The number of rotatable bonds is 9. The number of aromatic nitrogens is 5. The number of hydrogen-bond donors (Lipinski definition) is 2. The molecule has 0 saturated carbocycles. The van der Waals surface area contributed by atoms with E-state index in [0.717, 1.165) is 16.9 Å². The number of fused-ring (bicyclic) bond motifs is 1. The summed E-state index contributed by atoms with van der Waals surface area (Å²) < 4.78 is 6.87. The Morgan fingerprint density at radius 3 is 2.81 bits per heavy atom. The molecule has 0 radical (unpaired) electrons. The Balaban J connectivity index is 1.33. The molecule has 9 heteroatoms. The minimum absolute atomic E-state index is 0.0644. The second-order valence-corrected chi connectivity index (χ2v) is 6.95. The fourth-order valence-electron chi connectivity index (χ4n) is 3.08. The smallest absolute Gasteiger partial charge is 0.220 e. The lowest BCUT2D eigenvalue weighted by molar-refractivity contribution is -0.121. The van der Waals surface area contributed by atoms with E-state index in [1.807, 2.05) is 48.5 Å². The van der Waals surface area contributed by atoms with Gasteiger partial charge in [0.15, 0.2) is 11.5 Å². The summed E-state index contributed by atoms with van der Waals surface area (Å²) in [7, 11) is 1.62. The van der Waals surface area contributed by atoms with Crippen LogP contribution in [0.2, 0.25) is 0 Å². The number of carbonyl (C=O) groups excluding carboxylic acids is 1. The third-order valence-electron chi connectivity index (χ3n) is 4.72. The molecule has 31 heavy (non-hydrogen) atoms. The summed E-state index contributed by atoms with van der Waals surface area (Å²) in [6.07, 6.45) is 4.27. The SMILES string of the molecule is COc1cccc(CNC(=O)CCc2nnc3ccc(NCc4cccnc4)nn23)c1. The van der Waals surface area contributed by atoms with Gasteiger partial charge in [0.1, 0.15) is 11.6 Å².